The second-order valence-corrected chi connectivity index (χ2v) is 4.58. The second-order valence-electron chi connectivity index (χ2n) is 3.90. The summed E-state index contributed by atoms with van der Waals surface area (Å²) in [4.78, 5) is 0. The van der Waals surface area contributed by atoms with Crippen molar-refractivity contribution in [1.82, 2.24) is 0 Å². The van der Waals surface area contributed by atoms with Gasteiger partial charge in [0.05, 0.1) is 0 Å². The first-order chi connectivity index (χ1) is 6.26. The fourth-order valence-electron chi connectivity index (χ4n) is 1.58. The van der Waals surface area contributed by atoms with Crippen LogP contribution < -0.4 is 0 Å². The van der Waals surface area contributed by atoms with Crippen LogP contribution in [-0.2, 0) is 6.42 Å². The average Bonchev–Trinajstić information content (AvgIpc) is 2.90. The first-order valence-corrected chi connectivity index (χ1v) is 5.46. The van der Waals surface area contributed by atoms with E-state index in [9.17, 15) is 0 Å². The van der Waals surface area contributed by atoms with Crippen molar-refractivity contribution in [3.63, 3.8) is 0 Å². The van der Waals surface area contributed by atoms with Crippen LogP contribution in [0.2, 0.25) is 5.02 Å². The molecule has 0 heterocycles. The Bertz CT molecular complexity index is 303. The molecular weight excluding hydrogens is 203 g/mol. The van der Waals surface area contributed by atoms with Gasteiger partial charge in [-0.05, 0) is 36.3 Å². The summed E-state index contributed by atoms with van der Waals surface area (Å²) in [7, 11) is 0. The van der Waals surface area contributed by atoms with Gasteiger partial charge in [0.15, 0.2) is 0 Å². The third-order valence-electron chi connectivity index (χ3n) is 2.76. The minimum atomic E-state index is 0.368. The first-order valence-electron chi connectivity index (χ1n) is 4.55. The molecule has 13 heavy (non-hydrogen) atoms. The molecular formula is C11H12Cl2. The van der Waals surface area contributed by atoms with Crippen molar-refractivity contribution in [3.05, 3.63) is 34.9 Å². The van der Waals surface area contributed by atoms with Crippen molar-refractivity contribution in [2.75, 3.05) is 5.88 Å². The van der Waals surface area contributed by atoms with Crippen LogP contribution in [-0.4, -0.2) is 5.88 Å². The molecule has 0 aromatic heterocycles. The van der Waals surface area contributed by atoms with Crippen LogP contribution in [0.15, 0.2) is 24.3 Å². The number of hydrogen-bond donors (Lipinski definition) is 0. The zero-order valence-electron chi connectivity index (χ0n) is 7.39. The summed E-state index contributed by atoms with van der Waals surface area (Å²) in [6, 6.07) is 8.04. The average molecular weight is 215 g/mol. The molecule has 1 saturated carbocycles. The van der Waals surface area contributed by atoms with E-state index >= 15 is 0 Å². The lowest BCUT2D eigenvalue weighted by atomic mass is 9.99. The Hall–Kier alpha value is -0.200. The van der Waals surface area contributed by atoms with E-state index in [1.807, 2.05) is 18.2 Å². The minimum Gasteiger partial charge on any atom is -0.126 e. The number of benzene rings is 1. The SMILES string of the molecule is ClCC1(Cc2ccccc2Cl)CC1. The topological polar surface area (TPSA) is 0 Å². The van der Waals surface area contributed by atoms with Gasteiger partial charge in [0, 0.05) is 10.9 Å². The van der Waals surface area contributed by atoms with Gasteiger partial charge >= 0.3 is 0 Å². The van der Waals surface area contributed by atoms with E-state index in [4.69, 9.17) is 23.2 Å². The summed E-state index contributed by atoms with van der Waals surface area (Å²) in [5.41, 5.74) is 1.61. The molecule has 2 heteroatoms. The molecule has 2 rings (SSSR count). The second kappa shape index (κ2) is 3.51. The zero-order chi connectivity index (χ0) is 9.31. The molecule has 0 bridgehead atoms. The third kappa shape index (κ3) is 2.00. The molecule has 0 unspecified atom stereocenters. The normalized spacial score (nSPS) is 18.6. The van der Waals surface area contributed by atoms with Gasteiger partial charge in [-0.2, -0.15) is 0 Å². The van der Waals surface area contributed by atoms with Gasteiger partial charge < -0.3 is 0 Å². The van der Waals surface area contributed by atoms with Crippen molar-refractivity contribution in [1.29, 1.82) is 0 Å². The van der Waals surface area contributed by atoms with E-state index in [-0.39, 0.29) is 0 Å². The van der Waals surface area contributed by atoms with Crippen molar-refractivity contribution in [2.45, 2.75) is 19.3 Å². The lowest BCUT2D eigenvalue weighted by molar-refractivity contribution is 0.578. The van der Waals surface area contributed by atoms with Crippen LogP contribution in [0.3, 0.4) is 0 Å². The first kappa shape index (κ1) is 9.36. The molecule has 0 amide bonds. The fraction of sp³-hybridized carbons (Fsp3) is 0.455. The van der Waals surface area contributed by atoms with Crippen LogP contribution in [0.1, 0.15) is 18.4 Å². The zero-order valence-corrected chi connectivity index (χ0v) is 8.91. The maximum absolute atomic E-state index is 6.07. The molecule has 0 radical (unpaired) electrons. The molecule has 1 fully saturated rings. The number of halogens is 2. The Morgan fingerprint density at radius 1 is 1.23 bits per heavy atom. The number of hydrogen-bond acceptors (Lipinski definition) is 0. The van der Waals surface area contributed by atoms with Gasteiger partial charge in [0.2, 0.25) is 0 Å². The Labute approximate surface area is 88.9 Å². The maximum atomic E-state index is 6.07. The van der Waals surface area contributed by atoms with Gasteiger partial charge in [-0.15, -0.1) is 11.6 Å². The molecule has 0 nitrogen and oxygen atoms in total. The van der Waals surface area contributed by atoms with Gasteiger partial charge in [0.25, 0.3) is 0 Å². The highest BCUT2D eigenvalue weighted by Crippen LogP contribution is 2.49. The lowest BCUT2D eigenvalue weighted by Gasteiger charge is -2.11. The molecule has 0 N–H and O–H groups in total. The van der Waals surface area contributed by atoms with Crippen molar-refractivity contribution >= 4 is 23.2 Å². The molecule has 0 saturated heterocycles. The summed E-state index contributed by atoms with van der Waals surface area (Å²) in [5.74, 6) is 0.762. The molecule has 0 atom stereocenters. The van der Waals surface area contributed by atoms with Gasteiger partial charge in [-0.25, -0.2) is 0 Å². The van der Waals surface area contributed by atoms with Crippen LogP contribution in [0.5, 0.6) is 0 Å². The predicted molar refractivity (Wildman–Crippen MR) is 57.5 cm³/mol. The smallest absolute Gasteiger partial charge is 0.0438 e. The molecule has 70 valence electrons. The molecule has 1 aromatic carbocycles. The van der Waals surface area contributed by atoms with E-state index < -0.39 is 0 Å². The monoisotopic (exact) mass is 214 g/mol. The van der Waals surface area contributed by atoms with E-state index in [1.165, 1.54) is 18.4 Å². The number of rotatable bonds is 3. The van der Waals surface area contributed by atoms with Crippen LogP contribution in [0.25, 0.3) is 0 Å². The van der Waals surface area contributed by atoms with Crippen molar-refractivity contribution in [2.24, 2.45) is 5.41 Å². The summed E-state index contributed by atoms with van der Waals surface area (Å²) >= 11 is 12.0. The largest absolute Gasteiger partial charge is 0.126 e. The standard InChI is InChI=1S/C11H12Cl2/c12-8-11(5-6-11)7-9-3-1-2-4-10(9)13/h1-4H,5-8H2. The minimum absolute atomic E-state index is 0.368. The van der Waals surface area contributed by atoms with E-state index in [0.717, 1.165) is 17.3 Å². The third-order valence-corrected chi connectivity index (χ3v) is 3.70. The van der Waals surface area contributed by atoms with Crippen molar-refractivity contribution in [3.8, 4) is 0 Å². The van der Waals surface area contributed by atoms with Gasteiger partial charge in [-0.1, -0.05) is 29.8 Å². The van der Waals surface area contributed by atoms with E-state index in [1.54, 1.807) is 0 Å². The van der Waals surface area contributed by atoms with Gasteiger partial charge in [-0.3, -0.25) is 0 Å². The van der Waals surface area contributed by atoms with E-state index in [2.05, 4.69) is 6.07 Å². The highest BCUT2D eigenvalue weighted by molar-refractivity contribution is 6.31. The van der Waals surface area contributed by atoms with Crippen LogP contribution in [0.4, 0.5) is 0 Å². The Morgan fingerprint density at radius 3 is 2.46 bits per heavy atom. The van der Waals surface area contributed by atoms with Crippen molar-refractivity contribution < 1.29 is 0 Å². The molecule has 0 aliphatic heterocycles. The summed E-state index contributed by atoms with van der Waals surface area (Å²) in [5, 5.41) is 0.874. The van der Waals surface area contributed by atoms with Gasteiger partial charge in [0.1, 0.15) is 0 Å². The fourth-order valence-corrected chi connectivity index (χ4v) is 2.14. The van der Waals surface area contributed by atoms with E-state index in [0.29, 0.717) is 5.41 Å². The van der Waals surface area contributed by atoms with Crippen LogP contribution >= 0.6 is 23.2 Å². The molecule has 0 spiro atoms. The maximum Gasteiger partial charge on any atom is 0.0438 e. The Balaban J connectivity index is 2.14. The summed E-state index contributed by atoms with van der Waals surface area (Å²) < 4.78 is 0. The summed E-state index contributed by atoms with van der Waals surface area (Å²) in [6.45, 7) is 0. The molecule has 1 aliphatic carbocycles. The quantitative estimate of drug-likeness (QED) is 0.670. The number of alkyl halides is 1. The Kier molecular flexibility index (Phi) is 2.53. The Morgan fingerprint density at radius 2 is 1.92 bits per heavy atom. The van der Waals surface area contributed by atoms with Crippen LogP contribution in [0, 0.1) is 5.41 Å². The molecule has 1 aromatic rings. The summed E-state index contributed by atoms with van der Waals surface area (Å²) in [6.07, 6.45) is 3.54. The highest BCUT2D eigenvalue weighted by atomic mass is 35.5. The predicted octanol–water partition coefficient (Wildman–Crippen LogP) is 3.90. The lowest BCUT2D eigenvalue weighted by Crippen LogP contribution is -2.06. The highest BCUT2D eigenvalue weighted by Gasteiger charge is 2.41. The molecule has 1 aliphatic rings.